The molecular weight excluding hydrogens is 370 g/mol. The summed E-state index contributed by atoms with van der Waals surface area (Å²) >= 11 is 3.57. The predicted molar refractivity (Wildman–Crippen MR) is 101 cm³/mol. The minimum Gasteiger partial charge on any atom is -0.455 e. The fraction of sp³-hybridized carbons (Fsp3) is 0.263. The third kappa shape index (κ3) is 4.10. The lowest BCUT2D eigenvalue weighted by atomic mass is 10.0. The minimum absolute atomic E-state index is 0.0267. The Kier molecular flexibility index (Phi) is 6.29. The molecule has 5 heteroatoms. The van der Waals surface area contributed by atoms with Gasteiger partial charge in [0.2, 0.25) is 0 Å². The van der Waals surface area contributed by atoms with Crippen molar-refractivity contribution >= 4 is 26.9 Å². The van der Waals surface area contributed by atoms with Gasteiger partial charge in [-0.25, -0.2) is 0 Å². The number of nitrogens with zero attached hydrogens (tertiary/aromatic N) is 1. The molecule has 2 heterocycles. The molecule has 1 aromatic carbocycles. The highest BCUT2D eigenvalue weighted by atomic mass is 79.9. The Bertz CT molecular complexity index is 873. The third-order valence-electron chi connectivity index (χ3n) is 3.40. The summed E-state index contributed by atoms with van der Waals surface area (Å²) in [6, 6.07) is 9.11. The molecule has 0 radical (unpaired) electrons. The fourth-order valence-electron chi connectivity index (χ4n) is 2.39. The Morgan fingerprint density at radius 2 is 1.88 bits per heavy atom. The lowest BCUT2D eigenvalue weighted by Gasteiger charge is -2.10. The highest BCUT2D eigenvalue weighted by molar-refractivity contribution is 9.09. The number of hydrogen-bond acceptors (Lipinski definition) is 4. The van der Waals surface area contributed by atoms with Crippen molar-refractivity contribution in [2.75, 3.05) is 6.61 Å². The molecule has 24 heavy (non-hydrogen) atoms. The summed E-state index contributed by atoms with van der Waals surface area (Å²) in [7, 11) is 0. The molecule has 0 saturated heterocycles. The van der Waals surface area contributed by atoms with Crippen LogP contribution in [0.5, 0.6) is 0 Å². The number of benzene rings is 1. The lowest BCUT2D eigenvalue weighted by molar-refractivity contribution is 0.318. The number of aromatic nitrogens is 1. The topological polar surface area (TPSA) is 63.3 Å². The van der Waals surface area contributed by atoms with Gasteiger partial charge >= 0.3 is 0 Å². The van der Waals surface area contributed by atoms with Gasteiger partial charge in [-0.05, 0) is 44.5 Å². The molecule has 0 bridgehead atoms. The average Bonchev–Trinajstić information content (AvgIpc) is 2.56. The van der Waals surface area contributed by atoms with Gasteiger partial charge in [0.15, 0.2) is 5.43 Å². The molecule has 126 valence electrons. The van der Waals surface area contributed by atoms with E-state index in [1.54, 1.807) is 25.4 Å². The summed E-state index contributed by atoms with van der Waals surface area (Å²) in [5.41, 5.74) is 3.49. The first kappa shape index (κ1) is 18.4. The molecule has 2 aromatic heterocycles. The third-order valence-corrected chi connectivity index (χ3v) is 3.89. The standard InChI is InChI=1S/C17H14BrNO2.C2H6O/c1-10-7-13(11(2)18)17-14(8-10)15(20)9-16(21-17)12-3-5-19-6-4-12;1-2-3/h3-9,11H,1-2H3;3H,2H2,1H3. The SMILES string of the molecule is CCO.Cc1cc(C(C)Br)c2oc(-c3ccncc3)cc(=O)c2c1. The van der Waals surface area contributed by atoms with Crippen LogP contribution in [0.4, 0.5) is 0 Å². The van der Waals surface area contributed by atoms with E-state index in [0.29, 0.717) is 16.7 Å². The van der Waals surface area contributed by atoms with Crippen LogP contribution in [0.15, 0.2) is 51.9 Å². The van der Waals surface area contributed by atoms with Crippen LogP contribution in [0.1, 0.15) is 29.8 Å². The maximum atomic E-state index is 12.4. The van der Waals surface area contributed by atoms with Gasteiger partial charge in [0.05, 0.1) is 5.39 Å². The Morgan fingerprint density at radius 3 is 2.46 bits per heavy atom. The highest BCUT2D eigenvalue weighted by Crippen LogP contribution is 2.31. The zero-order chi connectivity index (χ0) is 17.7. The first-order valence-electron chi connectivity index (χ1n) is 7.71. The first-order chi connectivity index (χ1) is 11.5. The largest absolute Gasteiger partial charge is 0.455 e. The van der Waals surface area contributed by atoms with E-state index in [1.807, 2.05) is 38.1 Å². The van der Waals surface area contributed by atoms with Crippen LogP contribution in [0, 0.1) is 6.92 Å². The van der Waals surface area contributed by atoms with Crippen molar-refractivity contribution in [3.8, 4) is 11.3 Å². The highest BCUT2D eigenvalue weighted by Gasteiger charge is 2.14. The molecule has 0 aliphatic heterocycles. The molecule has 0 spiro atoms. The van der Waals surface area contributed by atoms with Crippen LogP contribution in [0.2, 0.25) is 0 Å². The summed E-state index contributed by atoms with van der Waals surface area (Å²) < 4.78 is 6.02. The number of halogens is 1. The van der Waals surface area contributed by atoms with Gasteiger partial charge in [0, 0.05) is 41.0 Å². The zero-order valence-corrected chi connectivity index (χ0v) is 15.5. The molecule has 0 amide bonds. The molecular formula is C19H20BrNO3. The first-order valence-corrected chi connectivity index (χ1v) is 8.63. The average molecular weight is 390 g/mol. The number of fused-ring (bicyclic) bond motifs is 1. The fourth-order valence-corrected chi connectivity index (χ4v) is 2.73. The van der Waals surface area contributed by atoms with E-state index >= 15 is 0 Å². The van der Waals surface area contributed by atoms with E-state index in [2.05, 4.69) is 20.9 Å². The summed E-state index contributed by atoms with van der Waals surface area (Å²) in [6.45, 7) is 5.93. The van der Waals surface area contributed by atoms with Crippen molar-refractivity contribution in [1.82, 2.24) is 4.98 Å². The van der Waals surface area contributed by atoms with Crippen LogP contribution in [0.25, 0.3) is 22.3 Å². The van der Waals surface area contributed by atoms with Crippen LogP contribution >= 0.6 is 15.9 Å². The van der Waals surface area contributed by atoms with Gasteiger partial charge in [-0.1, -0.05) is 22.0 Å². The van der Waals surface area contributed by atoms with Crippen molar-refractivity contribution in [3.05, 3.63) is 64.1 Å². The normalized spacial score (nSPS) is 11.7. The smallest absolute Gasteiger partial charge is 0.193 e. The van der Waals surface area contributed by atoms with Crippen LogP contribution in [0.3, 0.4) is 0 Å². The molecule has 3 aromatic rings. The molecule has 0 saturated carbocycles. The van der Waals surface area contributed by atoms with Gasteiger partial charge in [-0.2, -0.15) is 0 Å². The zero-order valence-electron chi connectivity index (χ0n) is 13.9. The van der Waals surface area contributed by atoms with Crippen LogP contribution in [-0.4, -0.2) is 16.7 Å². The van der Waals surface area contributed by atoms with Crippen LogP contribution in [-0.2, 0) is 0 Å². The Morgan fingerprint density at radius 1 is 1.25 bits per heavy atom. The predicted octanol–water partition coefficient (Wildman–Crippen LogP) is 4.62. The van der Waals surface area contributed by atoms with Gasteiger partial charge in [0.25, 0.3) is 0 Å². The Hall–Kier alpha value is -1.98. The summed E-state index contributed by atoms with van der Waals surface area (Å²) in [4.78, 5) is 16.5. The number of aliphatic hydroxyl groups is 1. The Balaban J connectivity index is 0.000000647. The van der Waals surface area contributed by atoms with Crippen molar-refractivity contribution in [2.24, 2.45) is 0 Å². The van der Waals surface area contributed by atoms with Crippen molar-refractivity contribution in [3.63, 3.8) is 0 Å². The van der Waals surface area contributed by atoms with Gasteiger partial charge in [-0.3, -0.25) is 9.78 Å². The number of aryl methyl sites for hydroxylation is 1. The molecule has 0 aliphatic rings. The second-order valence-electron chi connectivity index (χ2n) is 5.37. The van der Waals surface area contributed by atoms with E-state index < -0.39 is 0 Å². The number of alkyl halides is 1. The quantitative estimate of drug-likeness (QED) is 0.649. The van der Waals surface area contributed by atoms with Crippen LogP contribution < -0.4 is 5.43 Å². The number of pyridine rings is 1. The van der Waals surface area contributed by atoms with E-state index in [0.717, 1.165) is 16.7 Å². The molecule has 1 unspecified atom stereocenters. The van der Waals surface area contributed by atoms with Crippen molar-refractivity contribution in [1.29, 1.82) is 0 Å². The number of rotatable bonds is 2. The molecule has 0 fully saturated rings. The monoisotopic (exact) mass is 389 g/mol. The van der Waals surface area contributed by atoms with E-state index in [4.69, 9.17) is 9.52 Å². The maximum absolute atomic E-state index is 12.4. The lowest BCUT2D eigenvalue weighted by Crippen LogP contribution is -2.03. The summed E-state index contributed by atoms with van der Waals surface area (Å²) in [5.74, 6) is 0.563. The molecule has 1 N–H and O–H groups in total. The van der Waals surface area contributed by atoms with Gasteiger partial charge in [-0.15, -0.1) is 0 Å². The van der Waals surface area contributed by atoms with Gasteiger partial charge in [0.1, 0.15) is 11.3 Å². The van der Waals surface area contributed by atoms with E-state index in [9.17, 15) is 4.79 Å². The molecule has 1 atom stereocenters. The number of aliphatic hydroxyl groups excluding tert-OH is 1. The van der Waals surface area contributed by atoms with Gasteiger partial charge < -0.3 is 9.52 Å². The number of hydrogen-bond donors (Lipinski definition) is 1. The molecule has 4 nitrogen and oxygen atoms in total. The summed E-state index contributed by atoms with van der Waals surface area (Å²) in [5, 5.41) is 8.19. The van der Waals surface area contributed by atoms with Crippen molar-refractivity contribution < 1.29 is 9.52 Å². The molecule has 3 rings (SSSR count). The maximum Gasteiger partial charge on any atom is 0.193 e. The second kappa shape index (κ2) is 8.22. The Labute approximate surface area is 149 Å². The molecule has 0 aliphatic carbocycles. The summed E-state index contributed by atoms with van der Waals surface area (Å²) in [6.07, 6.45) is 3.37. The van der Waals surface area contributed by atoms with E-state index in [1.165, 1.54) is 0 Å². The second-order valence-corrected chi connectivity index (χ2v) is 6.75. The van der Waals surface area contributed by atoms with Crippen molar-refractivity contribution in [2.45, 2.75) is 25.6 Å². The minimum atomic E-state index is -0.0267. The van der Waals surface area contributed by atoms with E-state index in [-0.39, 0.29) is 16.9 Å².